The van der Waals surface area contributed by atoms with Gasteiger partial charge in [0.15, 0.2) is 5.11 Å². The largest absolute Gasteiger partial charge is 0.461 e. The van der Waals surface area contributed by atoms with Gasteiger partial charge >= 0.3 is 0 Å². The van der Waals surface area contributed by atoms with E-state index >= 15 is 0 Å². The molecule has 2 aromatic carbocycles. The molecule has 1 atom stereocenters. The first-order valence-electron chi connectivity index (χ1n) is 10.9. The molecule has 0 saturated carbocycles. The van der Waals surface area contributed by atoms with Gasteiger partial charge in [0.2, 0.25) is 5.91 Å². The lowest BCUT2D eigenvalue weighted by Crippen LogP contribution is -2.46. The molecule has 0 bridgehead atoms. The van der Waals surface area contributed by atoms with Crippen molar-refractivity contribution in [1.29, 1.82) is 5.41 Å². The molecule has 0 radical (unpaired) electrons. The minimum atomic E-state index is -0.496. The molecule has 0 aliphatic heterocycles. The summed E-state index contributed by atoms with van der Waals surface area (Å²) < 4.78 is 5.61. The summed E-state index contributed by atoms with van der Waals surface area (Å²) in [5.74, 6) is 1.39. The molecule has 0 aliphatic rings. The maximum absolute atomic E-state index is 13.0. The maximum Gasteiger partial charge on any atom is 0.246 e. The van der Waals surface area contributed by atoms with Gasteiger partial charge in [0.05, 0.1) is 0 Å². The number of nitrogens with one attached hydrogen (secondary N) is 4. The molecule has 4 N–H and O–H groups in total. The van der Waals surface area contributed by atoms with Crippen molar-refractivity contribution in [3.63, 3.8) is 0 Å². The Morgan fingerprint density at radius 2 is 1.73 bits per heavy atom. The quantitative estimate of drug-likeness (QED) is 0.224. The van der Waals surface area contributed by atoms with Gasteiger partial charge in [0, 0.05) is 36.4 Å². The van der Waals surface area contributed by atoms with Crippen LogP contribution in [-0.4, -0.2) is 41.9 Å². The lowest BCUT2D eigenvalue weighted by atomic mass is 10.0. The van der Waals surface area contributed by atoms with E-state index in [0.717, 1.165) is 28.0 Å². The fourth-order valence-corrected chi connectivity index (χ4v) is 3.74. The molecule has 0 saturated heterocycles. The first-order chi connectivity index (χ1) is 15.6. The van der Waals surface area contributed by atoms with Crippen LogP contribution in [-0.2, 0) is 4.79 Å². The number of carbonyl (C=O) groups is 1. The summed E-state index contributed by atoms with van der Waals surface area (Å²) in [6.07, 6.45) is 0.622. The number of hydrogen-bond donors (Lipinski definition) is 4. The van der Waals surface area contributed by atoms with Crippen LogP contribution in [0.25, 0.3) is 11.0 Å². The standard InChI is InChI=1S/C25H31N5O2S/c1-15(2)12-21(24(31)27-19-8-6-17(7-9-19)23(26)30(4)5)29-25(33)28-20-10-11-22-18(14-20)13-16(3)32-22/h6-11,13-15,21,26H,12H2,1-5H3,(H,27,31)(H2,28,29,33)/t21-/m0/s1. The molecule has 174 valence electrons. The van der Waals surface area contributed by atoms with Crippen molar-refractivity contribution in [2.45, 2.75) is 33.2 Å². The molecule has 33 heavy (non-hydrogen) atoms. The van der Waals surface area contributed by atoms with Crippen LogP contribution in [0.2, 0.25) is 0 Å². The lowest BCUT2D eigenvalue weighted by Gasteiger charge is -2.22. The molecular formula is C25H31N5O2S. The third kappa shape index (κ3) is 6.55. The normalized spacial score (nSPS) is 11.8. The van der Waals surface area contributed by atoms with E-state index in [9.17, 15) is 4.79 Å². The van der Waals surface area contributed by atoms with Crippen molar-refractivity contribution in [2.75, 3.05) is 24.7 Å². The van der Waals surface area contributed by atoms with Crippen LogP contribution in [0.5, 0.6) is 0 Å². The number of amides is 1. The third-order valence-electron chi connectivity index (χ3n) is 5.10. The number of anilines is 2. The van der Waals surface area contributed by atoms with Crippen LogP contribution in [0.1, 0.15) is 31.6 Å². The van der Waals surface area contributed by atoms with Crippen LogP contribution < -0.4 is 16.0 Å². The average Bonchev–Trinajstić information content (AvgIpc) is 3.12. The fourth-order valence-electron chi connectivity index (χ4n) is 3.48. The van der Waals surface area contributed by atoms with E-state index in [0.29, 0.717) is 29.0 Å². The van der Waals surface area contributed by atoms with E-state index in [1.807, 2.05) is 57.4 Å². The number of aryl methyl sites for hydroxylation is 1. The second-order valence-corrected chi connectivity index (χ2v) is 9.11. The Bertz CT molecular complexity index is 1150. The first kappa shape index (κ1) is 24.3. The number of hydrogen-bond acceptors (Lipinski definition) is 4. The smallest absolute Gasteiger partial charge is 0.246 e. The van der Waals surface area contributed by atoms with Gasteiger partial charge < -0.3 is 25.3 Å². The Labute approximate surface area is 200 Å². The fraction of sp³-hybridized carbons (Fsp3) is 0.320. The number of nitrogens with zero attached hydrogens (tertiary/aromatic N) is 1. The SMILES string of the molecule is Cc1cc2cc(NC(=S)N[C@@H](CC(C)C)C(=O)Nc3ccc(C(=N)N(C)C)cc3)ccc2o1. The highest BCUT2D eigenvalue weighted by Crippen LogP contribution is 2.22. The topological polar surface area (TPSA) is 93.4 Å². The van der Waals surface area contributed by atoms with Crippen LogP contribution >= 0.6 is 12.2 Å². The highest BCUT2D eigenvalue weighted by Gasteiger charge is 2.21. The number of thiocarbonyl (C=S) groups is 1. The van der Waals surface area contributed by atoms with Gasteiger partial charge in [0.1, 0.15) is 23.2 Å². The van der Waals surface area contributed by atoms with E-state index < -0.39 is 6.04 Å². The molecule has 8 heteroatoms. The third-order valence-corrected chi connectivity index (χ3v) is 5.32. The van der Waals surface area contributed by atoms with Crippen molar-refractivity contribution >= 4 is 51.4 Å². The number of fused-ring (bicyclic) bond motifs is 1. The van der Waals surface area contributed by atoms with Crippen molar-refractivity contribution < 1.29 is 9.21 Å². The van der Waals surface area contributed by atoms with Crippen molar-refractivity contribution in [2.24, 2.45) is 5.92 Å². The molecule has 0 fully saturated rings. The van der Waals surface area contributed by atoms with Crippen LogP contribution in [0.3, 0.4) is 0 Å². The number of benzene rings is 2. The predicted octanol–water partition coefficient (Wildman–Crippen LogP) is 4.97. The lowest BCUT2D eigenvalue weighted by molar-refractivity contribution is -0.118. The summed E-state index contributed by atoms with van der Waals surface area (Å²) in [5, 5.41) is 18.7. The molecule has 1 aromatic heterocycles. The predicted molar refractivity (Wildman–Crippen MR) is 139 cm³/mol. The molecule has 1 amide bonds. The zero-order valence-electron chi connectivity index (χ0n) is 19.7. The Balaban J connectivity index is 1.65. The zero-order chi connectivity index (χ0) is 24.1. The van der Waals surface area contributed by atoms with Crippen molar-refractivity contribution in [3.8, 4) is 0 Å². The summed E-state index contributed by atoms with van der Waals surface area (Å²) in [6.45, 7) is 6.04. The molecular weight excluding hydrogens is 434 g/mol. The van der Waals surface area contributed by atoms with E-state index in [2.05, 4.69) is 29.8 Å². The second-order valence-electron chi connectivity index (χ2n) is 8.70. The van der Waals surface area contributed by atoms with Gasteiger partial charge in [-0.1, -0.05) is 13.8 Å². The Morgan fingerprint density at radius 3 is 2.36 bits per heavy atom. The summed E-state index contributed by atoms with van der Waals surface area (Å²) in [7, 11) is 3.65. The molecule has 3 rings (SSSR count). The van der Waals surface area contributed by atoms with E-state index in [4.69, 9.17) is 22.0 Å². The zero-order valence-corrected chi connectivity index (χ0v) is 20.5. The monoisotopic (exact) mass is 465 g/mol. The second kappa shape index (κ2) is 10.5. The van der Waals surface area contributed by atoms with E-state index in [1.54, 1.807) is 17.0 Å². The average molecular weight is 466 g/mol. The van der Waals surface area contributed by atoms with Gasteiger partial charge in [-0.15, -0.1) is 0 Å². The Kier molecular flexibility index (Phi) is 7.71. The van der Waals surface area contributed by atoms with Crippen LogP contribution in [0, 0.1) is 18.3 Å². The molecule has 0 aliphatic carbocycles. The minimum absolute atomic E-state index is 0.163. The Hall–Kier alpha value is -3.39. The highest BCUT2D eigenvalue weighted by atomic mass is 32.1. The van der Waals surface area contributed by atoms with Crippen LogP contribution in [0.15, 0.2) is 52.9 Å². The number of amidine groups is 1. The number of furan rings is 1. The first-order valence-corrected chi connectivity index (χ1v) is 11.3. The molecule has 0 unspecified atom stereocenters. The van der Waals surface area contributed by atoms with Gasteiger partial charge in [-0.2, -0.15) is 0 Å². The van der Waals surface area contributed by atoms with E-state index in [-0.39, 0.29) is 5.91 Å². The van der Waals surface area contributed by atoms with E-state index in [1.165, 1.54) is 0 Å². The van der Waals surface area contributed by atoms with Gasteiger partial charge in [-0.3, -0.25) is 10.2 Å². The van der Waals surface area contributed by atoms with Crippen molar-refractivity contribution in [1.82, 2.24) is 10.2 Å². The van der Waals surface area contributed by atoms with Gasteiger partial charge in [-0.05, 0) is 80.0 Å². The highest BCUT2D eigenvalue weighted by molar-refractivity contribution is 7.80. The summed E-state index contributed by atoms with van der Waals surface area (Å²) in [4.78, 5) is 14.7. The van der Waals surface area contributed by atoms with Gasteiger partial charge in [-0.25, -0.2) is 0 Å². The maximum atomic E-state index is 13.0. The Morgan fingerprint density at radius 1 is 1.06 bits per heavy atom. The number of rotatable bonds is 7. The van der Waals surface area contributed by atoms with Gasteiger partial charge in [0.25, 0.3) is 0 Å². The summed E-state index contributed by atoms with van der Waals surface area (Å²) >= 11 is 5.49. The molecule has 3 aromatic rings. The molecule has 1 heterocycles. The summed E-state index contributed by atoms with van der Waals surface area (Å²) in [5.41, 5.74) is 3.10. The van der Waals surface area contributed by atoms with Crippen molar-refractivity contribution in [3.05, 3.63) is 59.9 Å². The molecule has 0 spiro atoms. The molecule has 7 nitrogen and oxygen atoms in total. The summed E-state index contributed by atoms with van der Waals surface area (Å²) in [6, 6.07) is 14.5. The minimum Gasteiger partial charge on any atom is -0.461 e. The number of carbonyl (C=O) groups excluding carboxylic acids is 1. The van der Waals surface area contributed by atoms with Crippen LogP contribution in [0.4, 0.5) is 11.4 Å².